The molecular weight excluding hydrogens is 328 g/mol. The van der Waals surface area contributed by atoms with Gasteiger partial charge in [-0.25, -0.2) is 0 Å². The first-order valence-corrected chi connectivity index (χ1v) is 7.37. The molecule has 0 spiro atoms. The van der Waals surface area contributed by atoms with E-state index in [0.717, 1.165) is 21.4 Å². The smallest absolute Gasteiger partial charge is 0.267 e. The molecule has 0 bridgehead atoms. The summed E-state index contributed by atoms with van der Waals surface area (Å²) >= 11 is 3.40. The highest BCUT2D eigenvalue weighted by Gasteiger charge is 2.28. The number of rotatable bonds is 2. The molecule has 1 heterocycles. The van der Waals surface area contributed by atoms with Crippen LogP contribution in [0, 0.1) is 0 Å². The normalized spacial score (nSPS) is 16.5. The number of benzene rings is 2. The van der Waals surface area contributed by atoms with Gasteiger partial charge in [0, 0.05) is 4.47 Å². The van der Waals surface area contributed by atoms with Crippen LogP contribution in [0.1, 0.15) is 12.5 Å². The van der Waals surface area contributed by atoms with E-state index in [1.54, 1.807) is 0 Å². The van der Waals surface area contributed by atoms with E-state index in [2.05, 4.69) is 21.0 Å². The second kappa shape index (κ2) is 5.66. The molecule has 0 fully saturated rings. The van der Waals surface area contributed by atoms with Gasteiger partial charge in [0.2, 0.25) is 0 Å². The Labute approximate surface area is 131 Å². The predicted molar refractivity (Wildman–Crippen MR) is 89.2 cm³/mol. The number of anilines is 1. The Kier molecular flexibility index (Phi) is 3.71. The van der Waals surface area contributed by atoms with Crippen LogP contribution in [0.15, 0.2) is 69.7 Å². The van der Waals surface area contributed by atoms with Crippen LogP contribution < -0.4 is 5.01 Å². The van der Waals surface area contributed by atoms with Gasteiger partial charge in [-0.15, -0.1) is 0 Å². The Morgan fingerprint density at radius 3 is 2.38 bits per heavy atom. The average Bonchev–Trinajstić information content (AvgIpc) is 2.78. The monoisotopic (exact) mass is 340 g/mol. The highest BCUT2D eigenvalue weighted by Crippen LogP contribution is 2.24. The van der Waals surface area contributed by atoms with Crippen molar-refractivity contribution in [1.29, 1.82) is 0 Å². The Hall–Kier alpha value is -2.20. The molecule has 1 aliphatic heterocycles. The molecule has 2 aromatic rings. The first-order chi connectivity index (χ1) is 10.1. The minimum Gasteiger partial charge on any atom is -0.267 e. The molecule has 4 heteroatoms. The third-order valence-corrected chi connectivity index (χ3v) is 3.77. The molecule has 21 heavy (non-hydrogen) atoms. The number of carbonyl (C=O) groups is 1. The van der Waals surface area contributed by atoms with Crippen LogP contribution in [0.5, 0.6) is 0 Å². The molecule has 0 aliphatic carbocycles. The summed E-state index contributed by atoms with van der Waals surface area (Å²) in [4.78, 5) is 12.5. The zero-order valence-electron chi connectivity index (χ0n) is 11.5. The third kappa shape index (κ3) is 2.81. The maximum Gasteiger partial charge on any atom is 0.280 e. The van der Waals surface area contributed by atoms with Crippen molar-refractivity contribution in [2.75, 3.05) is 5.01 Å². The van der Waals surface area contributed by atoms with Crippen LogP contribution in [0.2, 0.25) is 0 Å². The summed E-state index contributed by atoms with van der Waals surface area (Å²) in [5.41, 5.74) is 3.11. The van der Waals surface area contributed by atoms with Crippen molar-refractivity contribution in [2.45, 2.75) is 6.92 Å². The number of hydrogen-bond acceptors (Lipinski definition) is 2. The van der Waals surface area contributed by atoms with Crippen molar-refractivity contribution < 1.29 is 4.79 Å². The Bertz CT molecular complexity index is 733. The summed E-state index contributed by atoms with van der Waals surface area (Å²) in [6.07, 6.45) is 1.87. The minimum absolute atomic E-state index is 0.0957. The lowest BCUT2D eigenvalue weighted by Gasteiger charge is -2.10. The minimum atomic E-state index is -0.0957. The van der Waals surface area contributed by atoms with Crippen LogP contribution >= 0.6 is 15.9 Å². The maximum absolute atomic E-state index is 12.5. The van der Waals surface area contributed by atoms with Gasteiger partial charge in [-0.2, -0.15) is 10.1 Å². The fourth-order valence-electron chi connectivity index (χ4n) is 2.15. The lowest BCUT2D eigenvalue weighted by molar-refractivity contribution is -0.114. The largest absolute Gasteiger partial charge is 0.280 e. The van der Waals surface area contributed by atoms with Crippen molar-refractivity contribution in [3.05, 3.63) is 70.2 Å². The SMILES string of the molecule is CC1=NN(c2ccccc2)C(=O)/C1=C\c1ccc(Br)cc1. The molecule has 3 nitrogen and oxygen atoms in total. The van der Waals surface area contributed by atoms with Crippen molar-refractivity contribution in [3.8, 4) is 0 Å². The maximum atomic E-state index is 12.5. The average molecular weight is 341 g/mol. The van der Waals surface area contributed by atoms with Crippen LogP contribution in [-0.2, 0) is 4.79 Å². The first kappa shape index (κ1) is 13.8. The number of halogens is 1. The van der Waals surface area contributed by atoms with Gasteiger partial charge in [0.15, 0.2) is 0 Å². The van der Waals surface area contributed by atoms with E-state index in [1.807, 2.05) is 67.6 Å². The molecule has 0 saturated carbocycles. The van der Waals surface area contributed by atoms with Gasteiger partial charge >= 0.3 is 0 Å². The molecule has 0 radical (unpaired) electrons. The quantitative estimate of drug-likeness (QED) is 0.752. The lowest BCUT2D eigenvalue weighted by atomic mass is 10.1. The highest BCUT2D eigenvalue weighted by atomic mass is 79.9. The number of hydrazone groups is 1. The predicted octanol–water partition coefficient (Wildman–Crippen LogP) is 4.26. The van der Waals surface area contributed by atoms with Crippen molar-refractivity contribution >= 4 is 39.3 Å². The molecule has 3 rings (SSSR count). The molecule has 0 atom stereocenters. The zero-order valence-corrected chi connectivity index (χ0v) is 13.0. The summed E-state index contributed by atoms with van der Waals surface area (Å²) < 4.78 is 1.01. The summed E-state index contributed by atoms with van der Waals surface area (Å²) in [5, 5.41) is 5.80. The van der Waals surface area contributed by atoms with E-state index < -0.39 is 0 Å². The summed E-state index contributed by atoms with van der Waals surface area (Å²) in [6, 6.07) is 17.3. The van der Waals surface area contributed by atoms with Crippen LogP contribution in [0.25, 0.3) is 6.08 Å². The fraction of sp³-hybridized carbons (Fsp3) is 0.0588. The van der Waals surface area contributed by atoms with E-state index in [9.17, 15) is 4.79 Å². The molecule has 1 amide bonds. The topological polar surface area (TPSA) is 32.7 Å². The second-order valence-electron chi connectivity index (χ2n) is 4.75. The van der Waals surface area contributed by atoms with Gasteiger partial charge in [0.05, 0.1) is 17.0 Å². The number of nitrogens with zero attached hydrogens (tertiary/aromatic N) is 2. The molecule has 0 N–H and O–H groups in total. The summed E-state index contributed by atoms with van der Waals surface area (Å²) in [7, 11) is 0. The van der Waals surface area contributed by atoms with Gasteiger partial charge in [0.1, 0.15) is 0 Å². The van der Waals surface area contributed by atoms with Gasteiger partial charge < -0.3 is 0 Å². The Morgan fingerprint density at radius 2 is 1.71 bits per heavy atom. The number of para-hydroxylation sites is 1. The second-order valence-corrected chi connectivity index (χ2v) is 5.66. The standard InChI is InChI=1S/C17H13BrN2O/c1-12-16(11-13-7-9-14(18)10-8-13)17(21)20(19-12)15-5-3-2-4-6-15/h2-11H,1H3/b16-11-. The molecule has 104 valence electrons. The van der Waals surface area contributed by atoms with Crippen LogP contribution in [0.3, 0.4) is 0 Å². The van der Waals surface area contributed by atoms with Crippen molar-refractivity contribution in [2.24, 2.45) is 5.10 Å². The molecule has 0 unspecified atom stereocenters. The molecule has 1 aliphatic rings. The van der Waals surface area contributed by atoms with E-state index in [-0.39, 0.29) is 5.91 Å². The van der Waals surface area contributed by atoms with Crippen LogP contribution in [0.4, 0.5) is 5.69 Å². The summed E-state index contributed by atoms with van der Waals surface area (Å²) in [5.74, 6) is -0.0957. The van der Waals surface area contributed by atoms with Gasteiger partial charge in [0.25, 0.3) is 5.91 Å². The molecule has 0 aromatic heterocycles. The van der Waals surface area contributed by atoms with Gasteiger partial charge in [-0.1, -0.05) is 46.3 Å². The van der Waals surface area contributed by atoms with E-state index in [1.165, 1.54) is 5.01 Å². The fourth-order valence-corrected chi connectivity index (χ4v) is 2.42. The molecule has 2 aromatic carbocycles. The van der Waals surface area contributed by atoms with E-state index in [0.29, 0.717) is 5.57 Å². The third-order valence-electron chi connectivity index (χ3n) is 3.24. The van der Waals surface area contributed by atoms with E-state index in [4.69, 9.17) is 0 Å². The summed E-state index contributed by atoms with van der Waals surface area (Å²) in [6.45, 7) is 1.85. The lowest BCUT2D eigenvalue weighted by Crippen LogP contribution is -2.21. The Balaban J connectivity index is 1.94. The highest BCUT2D eigenvalue weighted by molar-refractivity contribution is 9.10. The number of carbonyl (C=O) groups excluding carboxylic acids is 1. The van der Waals surface area contributed by atoms with Crippen LogP contribution in [-0.4, -0.2) is 11.6 Å². The first-order valence-electron chi connectivity index (χ1n) is 6.57. The number of hydrogen-bond donors (Lipinski definition) is 0. The Morgan fingerprint density at radius 1 is 1.05 bits per heavy atom. The van der Waals surface area contributed by atoms with E-state index >= 15 is 0 Å². The molecule has 0 saturated heterocycles. The van der Waals surface area contributed by atoms with Gasteiger partial charge in [-0.3, -0.25) is 4.79 Å². The van der Waals surface area contributed by atoms with Crippen molar-refractivity contribution in [1.82, 2.24) is 0 Å². The number of amides is 1. The van der Waals surface area contributed by atoms with Crippen molar-refractivity contribution in [3.63, 3.8) is 0 Å². The zero-order chi connectivity index (χ0) is 14.8. The molecular formula is C17H13BrN2O. The van der Waals surface area contributed by atoms with Gasteiger partial charge in [-0.05, 0) is 42.8 Å².